The van der Waals surface area contributed by atoms with Gasteiger partial charge in [-0.2, -0.15) is 0 Å². The van der Waals surface area contributed by atoms with Crippen LogP contribution in [0.2, 0.25) is 0 Å². The molecule has 0 fully saturated rings. The van der Waals surface area contributed by atoms with Crippen molar-refractivity contribution < 1.29 is 42.9 Å². The Balaban J connectivity index is 4.29. The van der Waals surface area contributed by atoms with Crippen molar-refractivity contribution >= 4 is 17.9 Å². The fourth-order valence-electron chi connectivity index (χ4n) is 7.83. The van der Waals surface area contributed by atoms with Crippen LogP contribution in [0.4, 0.5) is 0 Å². The number of hydrogen-bond donors (Lipinski definition) is 1. The molecule has 0 aromatic heterocycles. The average Bonchev–Trinajstić information content (AvgIpc) is 3.46. The summed E-state index contributed by atoms with van der Waals surface area (Å²) in [4.78, 5) is 37.5. The van der Waals surface area contributed by atoms with E-state index in [1.165, 1.54) is 0 Å². The van der Waals surface area contributed by atoms with Gasteiger partial charge in [-0.05, 0) is 135 Å². The Morgan fingerprint density at radius 1 is 0.361 bits per heavy atom. The number of hydrogen-bond acceptors (Lipinski definition) is 7. The molecule has 464 valence electrons. The van der Waals surface area contributed by atoms with E-state index < -0.39 is 24.3 Å². The highest BCUT2D eigenvalue weighted by atomic mass is 16.7. The molecule has 0 radical (unpaired) electrons. The minimum absolute atomic E-state index is 0.170. The van der Waals surface area contributed by atoms with E-state index in [1.54, 1.807) is 0 Å². The molecule has 0 spiro atoms. The first-order chi connectivity index (χ1) is 40.6. The number of esters is 2. The molecule has 9 heteroatoms. The van der Waals surface area contributed by atoms with Crippen LogP contribution in [0.15, 0.2) is 182 Å². The Hall–Kier alpha value is -5.61. The van der Waals surface area contributed by atoms with Crippen LogP contribution in [0.25, 0.3) is 0 Å². The second-order valence-corrected chi connectivity index (χ2v) is 21.6. The number of carbonyl (C=O) groups is 3. The Morgan fingerprint density at radius 2 is 0.651 bits per heavy atom. The van der Waals surface area contributed by atoms with E-state index in [2.05, 4.69) is 196 Å². The van der Waals surface area contributed by atoms with Crippen molar-refractivity contribution in [2.75, 3.05) is 47.5 Å². The summed E-state index contributed by atoms with van der Waals surface area (Å²) >= 11 is 0. The number of rotatable bonds is 56. The monoisotopic (exact) mass is 1150 g/mol. The lowest BCUT2D eigenvalue weighted by Gasteiger charge is -2.25. The van der Waals surface area contributed by atoms with Gasteiger partial charge in [0.2, 0.25) is 0 Å². The van der Waals surface area contributed by atoms with Crippen molar-refractivity contribution in [3.63, 3.8) is 0 Å². The largest absolute Gasteiger partial charge is 0.477 e. The number of ether oxygens (including phenoxy) is 4. The molecule has 1 N–H and O–H groups in total. The van der Waals surface area contributed by atoms with E-state index in [9.17, 15) is 19.5 Å². The summed E-state index contributed by atoms with van der Waals surface area (Å²) in [5.41, 5.74) is 0. The van der Waals surface area contributed by atoms with Gasteiger partial charge in [-0.15, -0.1) is 0 Å². The van der Waals surface area contributed by atoms with Crippen LogP contribution in [0.3, 0.4) is 0 Å². The molecule has 2 unspecified atom stereocenters. The van der Waals surface area contributed by atoms with Gasteiger partial charge in [-0.1, -0.05) is 241 Å². The summed E-state index contributed by atoms with van der Waals surface area (Å²) in [6.07, 6.45) is 92.7. The number of nitrogens with zero attached hydrogens (tertiary/aromatic N) is 1. The van der Waals surface area contributed by atoms with Gasteiger partial charge in [0.05, 0.1) is 34.4 Å². The van der Waals surface area contributed by atoms with Crippen LogP contribution in [-0.4, -0.2) is 87.4 Å². The van der Waals surface area contributed by atoms with Crippen molar-refractivity contribution in [1.82, 2.24) is 0 Å². The third kappa shape index (κ3) is 63.8. The molecule has 2 atom stereocenters. The van der Waals surface area contributed by atoms with Crippen LogP contribution >= 0.6 is 0 Å². The maximum absolute atomic E-state index is 12.9. The molecule has 0 rings (SSSR count). The van der Waals surface area contributed by atoms with Gasteiger partial charge < -0.3 is 28.5 Å². The molecule has 0 saturated heterocycles. The van der Waals surface area contributed by atoms with E-state index in [-0.39, 0.29) is 38.6 Å². The number of quaternary nitrogens is 1. The van der Waals surface area contributed by atoms with Crippen molar-refractivity contribution in [1.29, 1.82) is 0 Å². The van der Waals surface area contributed by atoms with Gasteiger partial charge in [-0.3, -0.25) is 9.59 Å². The fraction of sp³-hybridized carbons (Fsp3) is 0.554. The zero-order chi connectivity index (χ0) is 60.5. The molecular weight excluding hydrogens is 1030 g/mol. The molecule has 0 aliphatic carbocycles. The highest BCUT2D eigenvalue weighted by Gasteiger charge is 2.25. The average molecular weight is 1150 g/mol. The lowest BCUT2D eigenvalue weighted by atomic mass is 10.1. The molecule has 9 nitrogen and oxygen atoms in total. The number of aliphatic carboxylic acids is 1. The van der Waals surface area contributed by atoms with Gasteiger partial charge in [0.1, 0.15) is 13.2 Å². The SMILES string of the molecule is CC/C=C\C/C=C\C/C=C\C/C=C\C/C=C\C/C=C\C/C=C\C/C=C\C/C=C\C/C=C\C/C=C\CCCCCCCC(=O)OC(COC(=O)CCCCCCCC/C=C\C/C=C\C/C=C\C/C=C\CC)COC(OCC[N+](C)(C)C)C(=O)O. The van der Waals surface area contributed by atoms with Crippen LogP contribution in [-0.2, 0) is 33.3 Å². The minimum atomic E-state index is -1.53. The third-order valence-electron chi connectivity index (χ3n) is 12.7. The first kappa shape index (κ1) is 77.4. The second-order valence-electron chi connectivity index (χ2n) is 21.6. The molecule has 0 amide bonds. The van der Waals surface area contributed by atoms with Crippen LogP contribution in [0.1, 0.15) is 206 Å². The summed E-state index contributed by atoms with van der Waals surface area (Å²) < 4.78 is 22.8. The van der Waals surface area contributed by atoms with E-state index in [0.717, 1.165) is 173 Å². The van der Waals surface area contributed by atoms with Crippen LogP contribution < -0.4 is 0 Å². The standard InChI is InChI=1S/C74H115NO8/c1-6-8-10-12-14-16-18-20-22-24-26-27-28-29-30-31-32-33-34-35-36-37-38-39-40-41-42-43-44-45-47-49-51-53-55-57-59-61-63-65-72(77)83-70(69-82-74(73(78)79)80-67-66-75(3,4)5)68-81-71(76)64-62-60-58-56-54-52-50-48-46-25-23-21-19-17-15-13-11-9-7-2/h8-11,14-17,20-23,26-27,29-30,32-33,35-36,38-39,41-42,44-46,48-49,51,70,74H,6-7,12-13,18-19,24-25,28,31,34,37,40,43,47,50,52-69H2,1-5H3/p+1/b10-8-,11-9-,16-14-,17-15-,22-20-,23-21-,27-26-,30-29-,33-32-,36-35-,39-38-,42-41-,45-44-,48-46-,51-49-. The van der Waals surface area contributed by atoms with Crippen LogP contribution in [0, 0.1) is 0 Å². The summed E-state index contributed by atoms with van der Waals surface area (Å²) in [6.45, 7) is 4.58. The molecule has 0 aromatic rings. The number of carboxylic acids is 1. The fourth-order valence-corrected chi connectivity index (χ4v) is 7.83. The van der Waals surface area contributed by atoms with E-state index in [1.807, 2.05) is 21.1 Å². The lowest BCUT2D eigenvalue weighted by Crippen LogP contribution is -2.40. The highest BCUT2D eigenvalue weighted by molar-refractivity contribution is 5.71. The molecule has 0 aliphatic rings. The smallest absolute Gasteiger partial charge is 0.361 e. The Morgan fingerprint density at radius 3 is 0.964 bits per heavy atom. The van der Waals surface area contributed by atoms with Crippen LogP contribution in [0.5, 0.6) is 0 Å². The topological polar surface area (TPSA) is 108 Å². The molecule has 0 aliphatic heterocycles. The van der Waals surface area contributed by atoms with E-state index in [4.69, 9.17) is 18.9 Å². The molecule has 0 bridgehead atoms. The van der Waals surface area contributed by atoms with Crippen molar-refractivity contribution in [2.24, 2.45) is 0 Å². The highest BCUT2D eigenvalue weighted by Crippen LogP contribution is 2.13. The lowest BCUT2D eigenvalue weighted by molar-refractivity contribution is -0.870. The number of carbonyl (C=O) groups excluding carboxylic acids is 2. The predicted octanol–water partition coefficient (Wildman–Crippen LogP) is 19.7. The summed E-state index contributed by atoms with van der Waals surface area (Å²) in [5, 5.41) is 9.72. The zero-order valence-corrected chi connectivity index (χ0v) is 52.8. The van der Waals surface area contributed by atoms with Gasteiger partial charge in [0, 0.05) is 12.8 Å². The number of carboxylic acid groups (broad SMARTS) is 1. The molecule has 0 saturated carbocycles. The third-order valence-corrected chi connectivity index (χ3v) is 12.7. The summed E-state index contributed by atoms with van der Waals surface area (Å²) in [7, 11) is 5.94. The van der Waals surface area contributed by atoms with Crippen molar-refractivity contribution in [3.8, 4) is 0 Å². The second kappa shape index (κ2) is 62.4. The molecule has 0 heterocycles. The van der Waals surface area contributed by atoms with Gasteiger partial charge in [-0.25, -0.2) is 4.79 Å². The van der Waals surface area contributed by atoms with Gasteiger partial charge >= 0.3 is 17.9 Å². The number of likely N-dealkylation sites (N-methyl/N-ethyl adjacent to an activating group) is 1. The van der Waals surface area contributed by atoms with E-state index in [0.29, 0.717) is 17.4 Å². The Bertz CT molecular complexity index is 2010. The van der Waals surface area contributed by atoms with Crippen molar-refractivity contribution in [3.05, 3.63) is 182 Å². The zero-order valence-electron chi connectivity index (χ0n) is 52.8. The maximum atomic E-state index is 12.9. The molecular formula is C74H116NO8+. The first-order valence-corrected chi connectivity index (χ1v) is 31.9. The summed E-state index contributed by atoms with van der Waals surface area (Å²) in [5.74, 6) is -2.07. The normalized spacial score (nSPS) is 14.0. The Labute approximate surface area is 507 Å². The minimum Gasteiger partial charge on any atom is -0.477 e. The van der Waals surface area contributed by atoms with Crippen molar-refractivity contribution in [2.45, 2.75) is 219 Å². The first-order valence-electron chi connectivity index (χ1n) is 31.9. The van der Waals surface area contributed by atoms with Gasteiger partial charge in [0.15, 0.2) is 6.10 Å². The summed E-state index contributed by atoms with van der Waals surface area (Å²) in [6, 6.07) is 0. The van der Waals surface area contributed by atoms with Gasteiger partial charge in [0.25, 0.3) is 6.29 Å². The Kier molecular flexibility index (Phi) is 58.2. The predicted molar refractivity (Wildman–Crippen MR) is 354 cm³/mol. The quantitative estimate of drug-likeness (QED) is 0.0211. The maximum Gasteiger partial charge on any atom is 0.361 e. The van der Waals surface area contributed by atoms with E-state index >= 15 is 0 Å². The molecule has 0 aromatic carbocycles. The molecule has 83 heavy (non-hydrogen) atoms. The number of allylic oxidation sites excluding steroid dienone is 30. The number of unbranched alkanes of at least 4 members (excludes halogenated alkanes) is 11.